The minimum absolute atomic E-state index is 0.120. The van der Waals surface area contributed by atoms with Crippen molar-refractivity contribution in [2.45, 2.75) is 52.6 Å². The summed E-state index contributed by atoms with van der Waals surface area (Å²) in [5, 5.41) is 17.3. The summed E-state index contributed by atoms with van der Waals surface area (Å²) in [6.45, 7) is 5.78. The number of amides is 1. The predicted molar refractivity (Wildman–Crippen MR) is 121 cm³/mol. The SMILES string of the molecule is Cc1noc(C)c1Cc1ccc(C(=O)N2CCc3c(c(-c4nncn4CC4CC4)nn3C)C2)o1. The molecule has 2 aliphatic rings. The molecule has 1 amide bonds. The first kappa shape index (κ1) is 20.9. The molecule has 6 rings (SSSR count). The third-order valence-electron chi connectivity index (χ3n) is 6.91. The van der Waals surface area contributed by atoms with E-state index in [2.05, 4.69) is 19.9 Å². The molecule has 1 aliphatic carbocycles. The van der Waals surface area contributed by atoms with Crippen LogP contribution < -0.4 is 0 Å². The molecule has 0 spiro atoms. The van der Waals surface area contributed by atoms with E-state index in [0.717, 1.165) is 52.8 Å². The molecular weight excluding hydrogens is 434 g/mol. The first-order valence-electron chi connectivity index (χ1n) is 11.7. The molecule has 0 radical (unpaired) electrons. The smallest absolute Gasteiger partial charge is 0.289 e. The molecular formula is C24H27N7O3. The van der Waals surface area contributed by atoms with Crippen LogP contribution in [0.4, 0.5) is 0 Å². The van der Waals surface area contributed by atoms with Gasteiger partial charge in [0.25, 0.3) is 5.91 Å². The average molecular weight is 462 g/mol. The van der Waals surface area contributed by atoms with E-state index in [-0.39, 0.29) is 5.91 Å². The predicted octanol–water partition coefficient (Wildman–Crippen LogP) is 3.08. The van der Waals surface area contributed by atoms with E-state index < -0.39 is 0 Å². The Morgan fingerprint density at radius 1 is 1.24 bits per heavy atom. The van der Waals surface area contributed by atoms with Crippen LogP contribution in [0.3, 0.4) is 0 Å². The summed E-state index contributed by atoms with van der Waals surface area (Å²) in [4.78, 5) is 15.2. The van der Waals surface area contributed by atoms with Crippen molar-refractivity contribution in [2.24, 2.45) is 13.0 Å². The van der Waals surface area contributed by atoms with Gasteiger partial charge in [0.1, 0.15) is 23.5 Å². The zero-order chi connectivity index (χ0) is 23.4. The van der Waals surface area contributed by atoms with Crippen LogP contribution >= 0.6 is 0 Å². The molecule has 0 unspecified atom stereocenters. The summed E-state index contributed by atoms with van der Waals surface area (Å²) >= 11 is 0. The molecule has 5 heterocycles. The maximum atomic E-state index is 13.3. The van der Waals surface area contributed by atoms with Gasteiger partial charge in [0.15, 0.2) is 11.6 Å². The number of fused-ring (bicyclic) bond motifs is 1. The minimum atomic E-state index is -0.120. The average Bonchev–Trinajstić information content (AvgIpc) is 3.15. The van der Waals surface area contributed by atoms with Gasteiger partial charge in [0.05, 0.1) is 12.2 Å². The number of nitrogens with zero attached hydrogens (tertiary/aromatic N) is 7. The summed E-state index contributed by atoms with van der Waals surface area (Å²) < 4.78 is 15.2. The highest BCUT2D eigenvalue weighted by Crippen LogP contribution is 2.34. The largest absolute Gasteiger partial charge is 0.456 e. The summed E-state index contributed by atoms with van der Waals surface area (Å²) in [6.07, 6.45) is 5.56. The fourth-order valence-corrected chi connectivity index (χ4v) is 4.77. The Balaban J connectivity index is 1.23. The van der Waals surface area contributed by atoms with E-state index in [1.165, 1.54) is 12.8 Å². The Bertz CT molecular complexity index is 1350. The van der Waals surface area contributed by atoms with Crippen LogP contribution in [0.5, 0.6) is 0 Å². The van der Waals surface area contributed by atoms with Crippen LogP contribution in [-0.4, -0.2) is 47.1 Å². The standard InChI is InChI=1S/C24H27N7O3/c1-14-18(15(2)34-28-14)10-17-6-7-21(33-17)24(32)30-9-8-20-19(12-30)22(27-29(20)3)23-26-25-13-31(23)11-16-4-5-16/h6-7,13,16H,4-5,8-12H2,1-3H3. The number of hydrogen-bond donors (Lipinski definition) is 0. The third kappa shape index (κ3) is 3.63. The highest BCUT2D eigenvalue weighted by Gasteiger charge is 2.31. The number of aromatic nitrogens is 6. The van der Waals surface area contributed by atoms with Crippen molar-refractivity contribution in [3.8, 4) is 11.5 Å². The Kier molecular flexibility index (Phi) is 4.89. The van der Waals surface area contributed by atoms with Gasteiger partial charge in [-0.2, -0.15) is 5.10 Å². The highest BCUT2D eigenvalue weighted by molar-refractivity contribution is 5.91. The number of aryl methyl sites for hydroxylation is 3. The van der Waals surface area contributed by atoms with Crippen LogP contribution in [0.1, 0.15) is 57.4 Å². The number of hydrogen-bond acceptors (Lipinski definition) is 7. The van der Waals surface area contributed by atoms with Gasteiger partial charge in [-0.1, -0.05) is 5.16 Å². The van der Waals surface area contributed by atoms with Crippen molar-refractivity contribution in [2.75, 3.05) is 6.54 Å². The van der Waals surface area contributed by atoms with Crippen molar-refractivity contribution in [3.63, 3.8) is 0 Å². The molecule has 0 bridgehead atoms. The summed E-state index contributed by atoms with van der Waals surface area (Å²) in [7, 11) is 1.95. The van der Waals surface area contributed by atoms with E-state index in [4.69, 9.17) is 14.0 Å². The van der Waals surface area contributed by atoms with E-state index in [9.17, 15) is 4.79 Å². The maximum Gasteiger partial charge on any atom is 0.289 e. The van der Waals surface area contributed by atoms with Crippen LogP contribution in [0.15, 0.2) is 27.4 Å². The molecule has 4 aromatic heterocycles. The Morgan fingerprint density at radius 2 is 2.09 bits per heavy atom. The van der Waals surface area contributed by atoms with Gasteiger partial charge in [-0.25, -0.2) is 0 Å². The molecule has 1 saturated carbocycles. The molecule has 10 heteroatoms. The van der Waals surface area contributed by atoms with Crippen molar-refractivity contribution in [1.82, 2.24) is 34.6 Å². The zero-order valence-electron chi connectivity index (χ0n) is 19.6. The van der Waals surface area contributed by atoms with Gasteiger partial charge < -0.3 is 18.4 Å². The lowest BCUT2D eigenvalue weighted by molar-refractivity contribution is 0.0699. The van der Waals surface area contributed by atoms with E-state index in [0.29, 0.717) is 36.9 Å². The summed E-state index contributed by atoms with van der Waals surface area (Å²) in [6, 6.07) is 3.60. The molecule has 10 nitrogen and oxygen atoms in total. The van der Waals surface area contributed by atoms with Crippen molar-refractivity contribution < 1.29 is 13.7 Å². The van der Waals surface area contributed by atoms with Crippen LogP contribution in [0.25, 0.3) is 11.5 Å². The second-order valence-corrected chi connectivity index (χ2v) is 9.37. The van der Waals surface area contributed by atoms with Gasteiger partial charge in [0, 0.05) is 49.8 Å². The Labute approximate surface area is 196 Å². The molecule has 176 valence electrons. The van der Waals surface area contributed by atoms with Crippen LogP contribution in [0.2, 0.25) is 0 Å². The molecule has 0 atom stereocenters. The first-order valence-corrected chi connectivity index (χ1v) is 11.7. The highest BCUT2D eigenvalue weighted by atomic mass is 16.5. The van der Waals surface area contributed by atoms with Gasteiger partial charge in [-0.05, 0) is 44.7 Å². The van der Waals surface area contributed by atoms with Gasteiger partial charge in [0.2, 0.25) is 0 Å². The summed E-state index contributed by atoms with van der Waals surface area (Å²) in [5.74, 6) is 3.18. The Hall–Kier alpha value is -3.69. The molecule has 0 N–H and O–H groups in total. The minimum Gasteiger partial charge on any atom is -0.456 e. The van der Waals surface area contributed by atoms with Crippen LogP contribution in [-0.2, 0) is 33.0 Å². The van der Waals surface area contributed by atoms with E-state index >= 15 is 0 Å². The molecule has 1 fully saturated rings. The monoisotopic (exact) mass is 461 g/mol. The van der Waals surface area contributed by atoms with Crippen molar-refractivity contribution in [3.05, 3.63) is 58.3 Å². The number of carbonyl (C=O) groups is 1. The van der Waals surface area contributed by atoms with Gasteiger partial charge in [-0.15, -0.1) is 10.2 Å². The van der Waals surface area contributed by atoms with Crippen LogP contribution in [0, 0.1) is 19.8 Å². The first-order chi connectivity index (χ1) is 16.5. The van der Waals surface area contributed by atoms with Crippen molar-refractivity contribution in [1.29, 1.82) is 0 Å². The summed E-state index contributed by atoms with van der Waals surface area (Å²) in [5.41, 5.74) is 4.81. The number of furan rings is 1. The quantitative estimate of drug-likeness (QED) is 0.434. The lowest BCUT2D eigenvalue weighted by Crippen LogP contribution is -2.36. The second kappa shape index (κ2) is 7.96. The third-order valence-corrected chi connectivity index (χ3v) is 6.91. The molecule has 0 aromatic carbocycles. The zero-order valence-corrected chi connectivity index (χ0v) is 19.6. The molecule has 1 aliphatic heterocycles. The topological polar surface area (TPSA) is 108 Å². The maximum absolute atomic E-state index is 13.3. The van der Waals surface area contributed by atoms with E-state index in [1.807, 2.05) is 36.5 Å². The fourth-order valence-electron chi connectivity index (χ4n) is 4.77. The molecule has 34 heavy (non-hydrogen) atoms. The molecule has 4 aromatic rings. The molecule has 0 saturated heterocycles. The number of rotatable bonds is 6. The Morgan fingerprint density at radius 3 is 2.85 bits per heavy atom. The lowest BCUT2D eigenvalue weighted by Gasteiger charge is -2.27. The van der Waals surface area contributed by atoms with Gasteiger partial charge >= 0.3 is 0 Å². The van der Waals surface area contributed by atoms with Crippen molar-refractivity contribution >= 4 is 5.91 Å². The number of carbonyl (C=O) groups excluding carboxylic acids is 1. The normalized spacial score (nSPS) is 15.7. The fraction of sp³-hybridized carbons (Fsp3) is 0.458. The van der Waals surface area contributed by atoms with E-state index in [1.54, 1.807) is 12.4 Å². The van der Waals surface area contributed by atoms with Gasteiger partial charge in [-0.3, -0.25) is 9.48 Å². The lowest BCUT2D eigenvalue weighted by atomic mass is 10.0. The second-order valence-electron chi connectivity index (χ2n) is 9.37.